The number of oxime groups is 1. The van der Waals surface area contributed by atoms with Crippen LogP contribution in [0.4, 0.5) is 0 Å². The summed E-state index contributed by atoms with van der Waals surface area (Å²) in [6.07, 6.45) is 2.10. The Bertz CT molecular complexity index is 346. The van der Waals surface area contributed by atoms with Crippen molar-refractivity contribution >= 4 is 11.7 Å². The molecule has 0 bridgehead atoms. The molecule has 1 amide bonds. The minimum Gasteiger partial charge on any atom is -0.409 e. The Morgan fingerprint density at radius 3 is 2.33 bits per heavy atom. The topological polar surface area (TPSA) is 78.9 Å². The molecule has 0 aliphatic carbocycles. The molecule has 1 fully saturated rings. The normalized spacial score (nSPS) is 20.2. The van der Waals surface area contributed by atoms with Crippen molar-refractivity contribution in [1.29, 1.82) is 0 Å². The third kappa shape index (κ3) is 2.44. The Morgan fingerprint density at radius 2 is 2.00 bits per heavy atom. The number of carbonyl (C=O) groups is 1. The Labute approximate surface area is 109 Å². The van der Waals surface area contributed by atoms with E-state index in [-0.39, 0.29) is 17.2 Å². The molecule has 1 saturated heterocycles. The van der Waals surface area contributed by atoms with Gasteiger partial charge >= 0.3 is 0 Å². The highest BCUT2D eigenvalue weighted by Gasteiger charge is 2.45. The number of nitrogens with zero attached hydrogens (tertiary/aromatic N) is 2. The van der Waals surface area contributed by atoms with Crippen molar-refractivity contribution in [2.45, 2.75) is 47.0 Å². The molecular formula is C13H25N3O2. The van der Waals surface area contributed by atoms with Gasteiger partial charge in [0, 0.05) is 13.1 Å². The van der Waals surface area contributed by atoms with Crippen molar-refractivity contribution < 1.29 is 10.0 Å². The van der Waals surface area contributed by atoms with Crippen molar-refractivity contribution in [2.75, 3.05) is 13.1 Å². The van der Waals surface area contributed by atoms with Crippen molar-refractivity contribution in [2.24, 2.45) is 21.7 Å². The summed E-state index contributed by atoms with van der Waals surface area (Å²) in [5.41, 5.74) is 5.07. The molecule has 0 unspecified atom stereocenters. The van der Waals surface area contributed by atoms with Gasteiger partial charge in [-0.3, -0.25) is 4.79 Å². The first-order chi connectivity index (χ1) is 8.33. The second kappa shape index (κ2) is 5.16. The predicted molar refractivity (Wildman–Crippen MR) is 71.4 cm³/mol. The number of carbonyl (C=O) groups excluding carboxylic acids is 1. The van der Waals surface area contributed by atoms with Gasteiger partial charge in [0.25, 0.3) is 0 Å². The van der Waals surface area contributed by atoms with Crippen LogP contribution in [0.5, 0.6) is 0 Å². The number of likely N-dealkylation sites (tertiary alicyclic amines) is 1. The second-order valence-electron chi connectivity index (χ2n) is 5.92. The van der Waals surface area contributed by atoms with E-state index >= 15 is 0 Å². The van der Waals surface area contributed by atoms with Crippen LogP contribution in [0, 0.1) is 10.8 Å². The molecule has 1 heterocycles. The summed E-state index contributed by atoms with van der Waals surface area (Å²) >= 11 is 0. The van der Waals surface area contributed by atoms with E-state index in [9.17, 15) is 4.79 Å². The van der Waals surface area contributed by atoms with Crippen LogP contribution < -0.4 is 5.73 Å². The average Bonchev–Trinajstić information content (AvgIpc) is 2.71. The summed E-state index contributed by atoms with van der Waals surface area (Å²) < 4.78 is 0. The van der Waals surface area contributed by atoms with Crippen LogP contribution in [0.25, 0.3) is 0 Å². The van der Waals surface area contributed by atoms with Gasteiger partial charge < -0.3 is 15.8 Å². The van der Waals surface area contributed by atoms with Gasteiger partial charge in [-0.25, -0.2) is 0 Å². The van der Waals surface area contributed by atoms with Gasteiger partial charge in [-0.1, -0.05) is 32.9 Å². The average molecular weight is 255 g/mol. The van der Waals surface area contributed by atoms with Crippen molar-refractivity contribution in [3.8, 4) is 0 Å². The number of hydrogen-bond donors (Lipinski definition) is 2. The molecule has 1 aliphatic rings. The molecule has 0 aromatic rings. The highest BCUT2D eigenvalue weighted by molar-refractivity contribution is 6.06. The van der Waals surface area contributed by atoms with E-state index in [4.69, 9.17) is 10.9 Å². The van der Waals surface area contributed by atoms with E-state index in [0.29, 0.717) is 12.8 Å². The first-order valence-electron chi connectivity index (χ1n) is 6.60. The Balaban J connectivity index is 2.98. The van der Waals surface area contributed by atoms with E-state index in [1.807, 2.05) is 18.7 Å². The van der Waals surface area contributed by atoms with Crippen LogP contribution in [0.1, 0.15) is 47.0 Å². The fourth-order valence-corrected chi connectivity index (χ4v) is 2.71. The lowest BCUT2D eigenvalue weighted by Crippen LogP contribution is -2.50. The number of amidine groups is 1. The highest BCUT2D eigenvalue weighted by atomic mass is 16.4. The molecular weight excluding hydrogens is 230 g/mol. The van der Waals surface area contributed by atoms with Crippen LogP contribution in [0.3, 0.4) is 0 Å². The van der Waals surface area contributed by atoms with Gasteiger partial charge in [0.1, 0.15) is 5.41 Å². The monoisotopic (exact) mass is 255 g/mol. The predicted octanol–water partition coefficient (Wildman–Crippen LogP) is 1.80. The third-order valence-corrected chi connectivity index (χ3v) is 4.18. The van der Waals surface area contributed by atoms with E-state index in [2.05, 4.69) is 19.0 Å². The Morgan fingerprint density at radius 1 is 1.44 bits per heavy atom. The van der Waals surface area contributed by atoms with E-state index in [1.165, 1.54) is 0 Å². The first kappa shape index (κ1) is 14.8. The lowest BCUT2D eigenvalue weighted by molar-refractivity contribution is -0.138. The van der Waals surface area contributed by atoms with Crippen molar-refractivity contribution in [3.05, 3.63) is 0 Å². The molecule has 1 rings (SSSR count). The van der Waals surface area contributed by atoms with Gasteiger partial charge in [-0.05, 0) is 24.7 Å². The molecule has 1 aliphatic heterocycles. The molecule has 0 aromatic heterocycles. The molecule has 3 N–H and O–H groups in total. The molecule has 0 aromatic carbocycles. The number of rotatable bonds is 4. The standard InChI is InChI=1S/C13H25N3O2/c1-5-13(6-2,10(14)15-18)11(17)16-8-7-12(3,4)9-16/h18H,5-9H2,1-4H3,(H2,14,15). The molecule has 0 radical (unpaired) electrons. The van der Waals surface area contributed by atoms with Crippen LogP contribution >= 0.6 is 0 Å². The lowest BCUT2D eigenvalue weighted by Gasteiger charge is -2.33. The maximum absolute atomic E-state index is 12.7. The molecule has 5 nitrogen and oxygen atoms in total. The molecule has 0 saturated carbocycles. The Kier molecular flexibility index (Phi) is 4.24. The van der Waals surface area contributed by atoms with Gasteiger partial charge in [0.2, 0.25) is 5.91 Å². The van der Waals surface area contributed by atoms with Crippen LogP contribution in [-0.4, -0.2) is 34.9 Å². The first-order valence-corrected chi connectivity index (χ1v) is 6.60. The molecule has 0 spiro atoms. The molecule has 5 heteroatoms. The van der Waals surface area contributed by atoms with Crippen molar-refractivity contribution in [1.82, 2.24) is 4.90 Å². The minimum absolute atomic E-state index is 0.00613. The maximum Gasteiger partial charge on any atom is 0.236 e. The summed E-state index contributed by atoms with van der Waals surface area (Å²) in [5, 5.41) is 12.0. The van der Waals surface area contributed by atoms with Crippen LogP contribution in [0.2, 0.25) is 0 Å². The fourth-order valence-electron chi connectivity index (χ4n) is 2.71. The third-order valence-electron chi connectivity index (χ3n) is 4.18. The number of hydrogen-bond acceptors (Lipinski definition) is 3. The zero-order valence-corrected chi connectivity index (χ0v) is 11.9. The zero-order valence-electron chi connectivity index (χ0n) is 11.9. The number of amides is 1. The van der Waals surface area contributed by atoms with E-state index in [1.54, 1.807) is 0 Å². The van der Waals surface area contributed by atoms with Gasteiger partial charge in [-0.15, -0.1) is 0 Å². The minimum atomic E-state index is -0.852. The molecule has 18 heavy (non-hydrogen) atoms. The van der Waals surface area contributed by atoms with Gasteiger partial charge in [0.15, 0.2) is 5.84 Å². The summed E-state index contributed by atoms with van der Waals surface area (Å²) in [4.78, 5) is 14.5. The summed E-state index contributed by atoms with van der Waals surface area (Å²) in [6.45, 7) is 9.62. The Hall–Kier alpha value is -1.26. The SMILES string of the molecule is CCC(CC)(C(=O)N1CCC(C)(C)C1)C(N)=NO. The van der Waals surface area contributed by atoms with Crippen LogP contribution in [-0.2, 0) is 4.79 Å². The van der Waals surface area contributed by atoms with Crippen LogP contribution in [0.15, 0.2) is 5.16 Å². The molecule has 0 atom stereocenters. The van der Waals surface area contributed by atoms with Gasteiger partial charge in [0.05, 0.1) is 0 Å². The number of nitrogens with two attached hydrogens (primary N) is 1. The fraction of sp³-hybridized carbons (Fsp3) is 0.846. The largest absolute Gasteiger partial charge is 0.409 e. The van der Waals surface area contributed by atoms with Crippen molar-refractivity contribution in [3.63, 3.8) is 0 Å². The summed E-state index contributed by atoms with van der Waals surface area (Å²) in [5.74, 6) is 0.0237. The zero-order chi connectivity index (χ0) is 14.0. The lowest BCUT2D eigenvalue weighted by atomic mass is 9.79. The van der Waals surface area contributed by atoms with E-state index in [0.717, 1.165) is 19.5 Å². The molecule has 104 valence electrons. The summed E-state index contributed by atoms with van der Waals surface area (Å²) in [6, 6.07) is 0. The van der Waals surface area contributed by atoms with E-state index < -0.39 is 5.41 Å². The maximum atomic E-state index is 12.7. The quantitative estimate of drug-likeness (QED) is 0.348. The summed E-state index contributed by atoms with van der Waals surface area (Å²) in [7, 11) is 0. The second-order valence-corrected chi connectivity index (χ2v) is 5.92. The smallest absolute Gasteiger partial charge is 0.236 e. The highest BCUT2D eigenvalue weighted by Crippen LogP contribution is 2.35. The van der Waals surface area contributed by atoms with Gasteiger partial charge in [-0.2, -0.15) is 0 Å².